The molecule has 4 aliphatic rings. The second kappa shape index (κ2) is 13.3. The van der Waals surface area contributed by atoms with Gasteiger partial charge in [-0.1, -0.05) is 0 Å². The monoisotopic (exact) mass is 585 g/mol. The lowest BCUT2D eigenvalue weighted by Gasteiger charge is -2.49. The van der Waals surface area contributed by atoms with Crippen molar-refractivity contribution in [3.05, 3.63) is 0 Å². The summed E-state index contributed by atoms with van der Waals surface area (Å²) in [5.74, 6) is 0. The van der Waals surface area contributed by atoms with Crippen LogP contribution in [0.3, 0.4) is 0 Å². The number of nitrogens with two attached hydrogens (primary N) is 5. The van der Waals surface area contributed by atoms with Crippen molar-refractivity contribution in [2.75, 3.05) is 19.8 Å². The predicted molar refractivity (Wildman–Crippen MR) is 130 cm³/mol. The van der Waals surface area contributed by atoms with E-state index in [1.807, 2.05) is 0 Å². The quantitative estimate of drug-likeness (QED) is 0.126. The predicted octanol–water partition coefficient (Wildman–Crippen LogP) is -8.22. The summed E-state index contributed by atoms with van der Waals surface area (Å²) in [6.45, 7) is -1.02. The Morgan fingerprint density at radius 1 is 0.625 bits per heavy atom. The van der Waals surface area contributed by atoms with Gasteiger partial charge in [0.2, 0.25) is 0 Å². The molecule has 18 heteroatoms. The molecule has 0 radical (unpaired) electrons. The van der Waals surface area contributed by atoms with Crippen molar-refractivity contribution in [3.8, 4) is 0 Å². The van der Waals surface area contributed by atoms with Gasteiger partial charge in [-0.2, -0.15) is 0 Å². The highest BCUT2D eigenvalue weighted by atomic mass is 16.8. The van der Waals surface area contributed by atoms with Crippen LogP contribution in [0.15, 0.2) is 0 Å². The van der Waals surface area contributed by atoms with Crippen LogP contribution in [0.1, 0.15) is 6.42 Å². The lowest BCUT2D eigenvalue weighted by Crippen LogP contribution is -2.69. The second-order valence-electron chi connectivity index (χ2n) is 10.7. The Morgan fingerprint density at radius 3 is 1.75 bits per heavy atom. The fourth-order valence-corrected chi connectivity index (χ4v) is 5.41. The smallest absolute Gasteiger partial charge is 0.187 e. The lowest BCUT2D eigenvalue weighted by atomic mass is 9.84. The number of aliphatic hydroxyl groups excluding tert-OH is 7. The minimum atomic E-state index is -1.60. The van der Waals surface area contributed by atoms with Gasteiger partial charge in [-0.15, -0.1) is 0 Å². The molecule has 4 rings (SSSR count). The number of hydrogen-bond acceptors (Lipinski definition) is 18. The van der Waals surface area contributed by atoms with Gasteiger partial charge in [-0.05, 0) is 6.42 Å². The first kappa shape index (κ1) is 32.2. The van der Waals surface area contributed by atoms with Crippen LogP contribution in [0.4, 0.5) is 0 Å². The van der Waals surface area contributed by atoms with E-state index in [0.29, 0.717) is 0 Å². The standard InChI is InChI=1S/C22H43N5O13/c23-2-8-12(30)14(32)11(27)20(36-8)38-17-5(24)1-6(25)18(39-21-15(33)10(26)7(29)4-35-21)19(17)40-22-16(34)13(31)9(3-28)37-22/h5-22,28-34H,1-4,23-27H2/t5-,6+,7+,8+,9+,10-,11+,12+,13+,14+,15+,16+,17+,18-,19-,20+,21+,22-/m0/s1. The Bertz CT molecular complexity index is 821. The van der Waals surface area contributed by atoms with E-state index in [-0.39, 0.29) is 19.6 Å². The highest BCUT2D eigenvalue weighted by molar-refractivity contribution is 5.03. The van der Waals surface area contributed by atoms with E-state index in [9.17, 15) is 35.7 Å². The van der Waals surface area contributed by atoms with E-state index >= 15 is 0 Å². The molecular weight excluding hydrogens is 542 g/mol. The Hall–Kier alpha value is -0.720. The van der Waals surface area contributed by atoms with E-state index in [0.717, 1.165) is 0 Å². The maximum atomic E-state index is 10.6. The molecule has 18 atom stereocenters. The highest BCUT2D eigenvalue weighted by Crippen LogP contribution is 2.34. The first-order chi connectivity index (χ1) is 18.9. The first-order valence-electron chi connectivity index (χ1n) is 13.2. The molecule has 1 aliphatic carbocycles. The van der Waals surface area contributed by atoms with Gasteiger partial charge in [0.1, 0.15) is 61.0 Å². The topological polar surface area (TPSA) is 327 Å². The molecule has 0 aromatic rings. The fourth-order valence-electron chi connectivity index (χ4n) is 5.41. The third-order valence-corrected chi connectivity index (χ3v) is 7.94. The van der Waals surface area contributed by atoms with E-state index < -0.39 is 117 Å². The van der Waals surface area contributed by atoms with E-state index in [1.54, 1.807) is 0 Å². The largest absolute Gasteiger partial charge is 0.394 e. The molecule has 3 heterocycles. The molecule has 18 nitrogen and oxygen atoms in total. The van der Waals surface area contributed by atoms with Crippen LogP contribution < -0.4 is 28.7 Å². The number of aliphatic hydroxyl groups is 7. The molecule has 0 unspecified atom stereocenters. The number of hydrogen-bond donors (Lipinski definition) is 12. The molecule has 0 bridgehead atoms. The first-order valence-corrected chi connectivity index (χ1v) is 13.2. The molecule has 0 aromatic carbocycles. The molecule has 4 fully saturated rings. The molecule has 0 spiro atoms. The van der Waals surface area contributed by atoms with Crippen LogP contribution in [0, 0.1) is 0 Å². The summed E-state index contributed by atoms with van der Waals surface area (Å²) in [5.41, 5.74) is 30.4. The SMILES string of the molecule is NC[C@H]1O[C@H](O[C@H]2[C@H](O[C@@H]3O[C@H](CO)[C@@H](O)[C@H]3O)[C@@H](O[C@H]3OC[C@@H](O)[C@H](N)[C@H]3O)[C@H](N)C[C@@H]2N)[C@H](N)[C@@H](O)[C@@H]1O. The lowest BCUT2D eigenvalue weighted by molar-refractivity contribution is -0.328. The number of ether oxygens (including phenoxy) is 6. The maximum Gasteiger partial charge on any atom is 0.187 e. The number of rotatable bonds is 8. The highest BCUT2D eigenvalue weighted by Gasteiger charge is 2.54. The molecule has 0 aromatic heterocycles. The van der Waals surface area contributed by atoms with Gasteiger partial charge in [0.15, 0.2) is 18.9 Å². The minimum absolute atomic E-state index is 0.0795. The average molecular weight is 586 g/mol. The second-order valence-corrected chi connectivity index (χ2v) is 10.7. The zero-order chi connectivity index (χ0) is 29.5. The summed E-state index contributed by atoms with van der Waals surface area (Å²) in [7, 11) is 0. The van der Waals surface area contributed by atoms with Gasteiger partial charge < -0.3 is 92.8 Å². The van der Waals surface area contributed by atoms with Crippen molar-refractivity contribution < 1.29 is 64.2 Å². The van der Waals surface area contributed by atoms with Crippen molar-refractivity contribution in [1.29, 1.82) is 0 Å². The van der Waals surface area contributed by atoms with Gasteiger partial charge in [0.25, 0.3) is 0 Å². The molecule has 17 N–H and O–H groups in total. The minimum Gasteiger partial charge on any atom is -0.394 e. The molecule has 40 heavy (non-hydrogen) atoms. The third-order valence-electron chi connectivity index (χ3n) is 7.94. The summed E-state index contributed by atoms with van der Waals surface area (Å²) >= 11 is 0. The summed E-state index contributed by atoms with van der Waals surface area (Å²) in [4.78, 5) is 0. The third kappa shape index (κ3) is 6.30. The van der Waals surface area contributed by atoms with Gasteiger partial charge in [0, 0.05) is 18.6 Å². The molecule has 0 amide bonds. The normalized spacial score (nSPS) is 54.0. The van der Waals surface area contributed by atoms with Crippen molar-refractivity contribution in [2.24, 2.45) is 28.7 Å². The van der Waals surface area contributed by atoms with Crippen molar-refractivity contribution in [1.82, 2.24) is 0 Å². The molecule has 3 saturated heterocycles. The average Bonchev–Trinajstić information content (AvgIpc) is 3.20. The Morgan fingerprint density at radius 2 is 1.18 bits per heavy atom. The molecule has 1 saturated carbocycles. The van der Waals surface area contributed by atoms with E-state index in [2.05, 4.69) is 0 Å². The van der Waals surface area contributed by atoms with Crippen molar-refractivity contribution in [2.45, 2.75) is 117 Å². The summed E-state index contributed by atoms with van der Waals surface area (Å²) in [6.07, 6.45) is -18.5. The van der Waals surface area contributed by atoms with E-state index in [4.69, 9.17) is 57.1 Å². The van der Waals surface area contributed by atoms with Crippen LogP contribution in [0.25, 0.3) is 0 Å². The summed E-state index contributed by atoms with van der Waals surface area (Å²) in [6, 6.07) is -4.06. The van der Waals surface area contributed by atoms with Crippen molar-refractivity contribution >= 4 is 0 Å². The fraction of sp³-hybridized carbons (Fsp3) is 1.00. The Kier molecular flexibility index (Phi) is 10.7. The molecular formula is C22H43N5O13. The summed E-state index contributed by atoms with van der Waals surface area (Å²) in [5, 5.41) is 71.4. The van der Waals surface area contributed by atoms with Crippen molar-refractivity contribution in [3.63, 3.8) is 0 Å². The summed E-state index contributed by atoms with van der Waals surface area (Å²) < 4.78 is 34.8. The van der Waals surface area contributed by atoms with Crippen LogP contribution >= 0.6 is 0 Å². The molecule has 3 aliphatic heterocycles. The van der Waals surface area contributed by atoms with Gasteiger partial charge >= 0.3 is 0 Å². The van der Waals surface area contributed by atoms with Crippen LogP contribution in [0.5, 0.6) is 0 Å². The Labute approximate surface area is 229 Å². The van der Waals surface area contributed by atoms with E-state index in [1.165, 1.54) is 0 Å². The van der Waals surface area contributed by atoms with Crippen LogP contribution in [0.2, 0.25) is 0 Å². The zero-order valence-electron chi connectivity index (χ0n) is 21.7. The zero-order valence-corrected chi connectivity index (χ0v) is 21.7. The van der Waals surface area contributed by atoms with Crippen LogP contribution in [-0.2, 0) is 28.4 Å². The van der Waals surface area contributed by atoms with Crippen LogP contribution in [-0.4, -0.2) is 166 Å². The van der Waals surface area contributed by atoms with Gasteiger partial charge in [-0.3, -0.25) is 0 Å². The Balaban J connectivity index is 1.61. The molecule has 234 valence electrons. The van der Waals surface area contributed by atoms with Gasteiger partial charge in [-0.25, -0.2) is 0 Å². The van der Waals surface area contributed by atoms with Gasteiger partial charge in [0.05, 0.1) is 31.4 Å². The maximum absolute atomic E-state index is 10.6.